The molecule has 1 unspecified atom stereocenters. The maximum atomic E-state index is 12.8. The molecule has 0 bridgehead atoms. The minimum atomic E-state index is -0.895. The minimum absolute atomic E-state index is 0.111. The lowest BCUT2D eigenvalue weighted by Crippen LogP contribution is -2.02. The number of aliphatic hydroxyl groups excluding tert-OH is 1. The van der Waals surface area contributed by atoms with Gasteiger partial charge in [-0.1, -0.05) is 12.1 Å². The third-order valence-corrected chi connectivity index (χ3v) is 2.96. The average molecular weight is 291 g/mol. The predicted molar refractivity (Wildman–Crippen MR) is 74.5 cm³/mol. The first kappa shape index (κ1) is 14.9. The summed E-state index contributed by atoms with van der Waals surface area (Å²) in [5.41, 5.74) is 0.984. The summed E-state index contributed by atoms with van der Waals surface area (Å²) in [5, 5.41) is 20.4. The summed E-state index contributed by atoms with van der Waals surface area (Å²) in [4.78, 5) is 10.2. The van der Waals surface area contributed by atoms with Crippen LogP contribution < -0.4 is 4.74 Å². The maximum absolute atomic E-state index is 12.8. The van der Waals surface area contributed by atoms with E-state index in [2.05, 4.69) is 0 Å². The highest BCUT2D eigenvalue weighted by Crippen LogP contribution is 2.29. The number of benzene rings is 2. The second kappa shape index (κ2) is 6.32. The van der Waals surface area contributed by atoms with Crippen LogP contribution in [0.2, 0.25) is 0 Å². The van der Waals surface area contributed by atoms with Gasteiger partial charge in [0.05, 0.1) is 11.0 Å². The molecule has 21 heavy (non-hydrogen) atoms. The second-order valence-electron chi connectivity index (χ2n) is 4.57. The molecule has 2 aromatic rings. The molecule has 2 rings (SSSR count). The van der Waals surface area contributed by atoms with E-state index in [-0.39, 0.29) is 18.1 Å². The highest BCUT2D eigenvalue weighted by molar-refractivity contribution is 5.44. The summed E-state index contributed by atoms with van der Waals surface area (Å²) >= 11 is 0. The predicted octanol–water partition coefficient (Wildman–Crippen LogP) is 3.37. The van der Waals surface area contributed by atoms with Crippen LogP contribution in [-0.2, 0) is 6.61 Å². The van der Waals surface area contributed by atoms with Crippen LogP contribution in [0.1, 0.15) is 24.2 Å². The van der Waals surface area contributed by atoms with E-state index in [1.807, 2.05) is 0 Å². The van der Waals surface area contributed by atoms with Gasteiger partial charge >= 0.3 is 0 Å². The zero-order valence-corrected chi connectivity index (χ0v) is 11.3. The molecule has 0 heterocycles. The van der Waals surface area contributed by atoms with Gasteiger partial charge in [0.25, 0.3) is 5.69 Å². The first-order valence-corrected chi connectivity index (χ1v) is 6.31. The lowest BCUT2D eigenvalue weighted by Gasteiger charge is -2.13. The van der Waals surface area contributed by atoms with Crippen molar-refractivity contribution in [2.45, 2.75) is 19.6 Å². The number of aliphatic hydroxyl groups is 1. The van der Waals surface area contributed by atoms with Gasteiger partial charge in [-0.2, -0.15) is 0 Å². The molecule has 0 fully saturated rings. The summed E-state index contributed by atoms with van der Waals surface area (Å²) in [6, 6.07) is 9.86. The maximum Gasteiger partial charge on any atom is 0.270 e. The summed E-state index contributed by atoms with van der Waals surface area (Å²) in [5.74, 6) is 0.0266. The number of halogens is 1. The van der Waals surface area contributed by atoms with Crippen LogP contribution in [0.4, 0.5) is 10.1 Å². The Balaban J connectivity index is 2.19. The Kier molecular flexibility index (Phi) is 4.49. The summed E-state index contributed by atoms with van der Waals surface area (Å²) in [6.07, 6.45) is -0.895. The first-order valence-electron chi connectivity index (χ1n) is 6.31. The van der Waals surface area contributed by atoms with Gasteiger partial charge in [0.2, 0.25) is 0 Å². The van der Waals surface area contributed by atoms with E-state index in [1.165, 1.54) is 37.3 Å². The van der Waals surface area contributed by atoms with Crippen LogP contribution >= 0.6 is 0 Å². The van der Waals surface area contributed by atoms with Crippen LogP contribution in [0.5, 0.6) is 5.75 Å². The fraction of sp³-hybridized carbons (Fsp3) is 0.200. The van der Waals surface area contributed by atoms with E-state index >= 15 is 0 Å². The summed E-state index contributed by atoms with van der Waals surface area (Å²) in [7, 11) is 0. The fourth-order valence-electron chi connectivity index (χ4n) is 1.85. The van der Waals surface area contributed by atoms with Crippen molar-refractivity contribution in [1.29, 1.82) is 0 Å². The number of hydrogen-bond donors (Lipinski definition) is 1. The number of nitrogens with zero attached hydrogens (tertiary/aromatic N) is 1. The normalized spacial score (nSPS) is 12.0. The number of non-ortho nitro benzene ring substituents is 1. The van der Waals surface area contributed by atoms with E-state index < -0.39 is 11.0 Å². The molecule has 2 aromatic carbocycles. The smallest absolute Gasteiger partial charge is 0.270 e. The Morgan fingerprint density at radius 1 is 1.29 bits per heavy atom. The Bertz CT molecular complexity index is 641. The van der Waals surface area contributed by atoms with Crippen LogP contribution in [0, 0.1) is 15.9 Å². The second-order valence-corrected chi connectivity index (χ2v) is 4.57. The van der Waals surface area contributed by atoms with Crippen LogP contribution in [0.15, 0.2) is 42.5 Å². The Hall–Kier alpha value is -2.47. The van der Waals surface area contributed by atoms with Crippen molar-refractivity contribution < 1.29 is 19.2 Å². The highest BCUT2D eigenvalue weighted by Gasteiger charge is 2.15. The Morgan fingerprint density at radius 3 is 2.52 bits per heavy atom. The van der Waals surface area contributed by atoms with E-state index in [4.69, 9.17) is 4.74 Å². The van der Waals surface area contributed by atoms with Crippen LogP contribution in [0.3, 0.4) is 0 Å². The standard InChI is InChI=1S/C15H14FNO4/c1-10(18)14-8-13(17(19)20)6-7-15(14)21-9-11-2-4-12(16)5-3-11/h2-8,10,18H,9H2,1H3. The molecular weight excluding hydrogens is 277 g/mol. The van der Waals surface area contributed by atoms with Gasteiger partial charge in [-0.25, -0.2) is 4.39 Å². The molecule has 1 atom stereocenters. The van der Waals surface area contributed by atoms with Gasteiger partial charge in [0.1, 0.15) is 18.2 Å². The van der Waals surface area contributed by atoms with Crippen molar-refractivity contribution in [3.8, 4) is 5.75 Å². The molecule has 1 N–H and O–H groups in total. The van der Waals surface area contributed by atoms with Gasteiger partial charge in [-0.05, 0) is 30.7 Å². The molecule has 0 saturated heterocycles. The molecule has 6 heteroatoms. The van der Waals surface area contributed by atoms with Crippen molar-refractivity contribution in [1.82, 2.24) is 0 Å². The van der Waals surface area contributed by atoms with Gasteiger partial charge in [-0.3, -0.25) is 10.1 Å². The summed E-state index contributed by atoms with van der Waals surface area (Å²) < 4.78 is 18.4. The van der Waals surface area contributed by atoms with E-state index in [0.29, 0.717) is 11.3 Å². The topological polar surface area (TPSA) is 72.6 Å². The highest BCUT2D eigenvalue weighted by atomic mass is 19.1. The molecule has 5 nitrogen and oxygen atoms in total. The van der Waals surface area contributed by atoms with E-state index in [1.54, 1.807) is 12.1 Å². The van der Waals surface area contributed by atoms with Gasteiger partial charge in [-0.15, -0.1) is 0 Å². The molecule has 0 aliphatic heterocycles. The molecule has 0 spiro atoms. The van der Waals surface area contributed by atoms with Crippen molar-refractivity contribution >= 4 is 5.69 Å². The monoisotopic (exact) mass is 291 g/mol. The third kappa shape index (κ3) is 3.76. The van der Waals surface area contributed by atoms with Crippen molar-refractivity contribution in [3.63, 3.8) is 0 Å². The third-order valence-electron chi connectivity index (χ3n) is 2.96. The van der Waals surface area contributed by atoms with Gasteiger partial charge in [0.15, 0.2) is 0 Å². The number of nitro groups is 1. The molecule has 110 valence electrons. The molecule has 0 aromatic heterocycles. The molecule has 0 amide bonds. The minimum Gasteiger partial charge on any atom is -0.489 e. The molecule has 0 aliphatic rings. The van der Waals surface area contributed by atoms with Crippen molar-refractivity contribution in [2.75, 3.05) is 0 Å². The SMILES string of the molecule is CC(O)c1cc([N+](=O)[O-])ccc1OCc1ccc(F)cc1. The van der Waals surface area contributed by atoms with Crippen LogP contribution in [0.25, 0.3) is 0 Å². The van der Waals surface area contributed by atoms with Crippen LogP contribution in [-0.4, -0.2) is 10.0 Å². The zero-order valence-electron chi connectivity index (χ0n) is 11.3. The number of rotatable bonds is 5. The zero-order chi connectivity index (χ0) is 15.4. The number of hydrogen-bond acceptors (Lipinski definition) is 4. The molecule has 0 aliphatic carbocycles. The van der Waals surface area contributed by atoms with E-state index in [9.17, 15) is 19.6 Å². The number of ether oxygens (including phenoxy) is 1. The fourth-order valence-corrected chi connectivity index (χ4v) is 1.85. The van der Waals surface area contributed by atoms with Crippen molar-refractivity contribution in [3.05, 3.63) is 69.5 Å². The molecule has 0 radical (unpaired) electrons. The lowest BCUT2D eigenvalue weighted by atomic mass is 10.1. The first-order chi connectivity index (χ1) is 9.97. The van der Waals surface area contributed by atoms with Crippen molar-refractivity contribution in [2.24, 2.45) is 0 Å². The lowest BCUT2D eigenvalue weighted by molar-refractivity contribution is -0.385. The number of nitro benzene ring substituents is 1. The van der Waals surface area contributed by atoms with E-state index in [0.717, 1.165) is 5.56 Å². The molecule has 0 saturated carbocycles. The quantitative estimate of drug-likeness (QED) is 0.677. The van der Waals surface area contributed by atoms with Gasteiger partial charge in [0, 0.05) is 17.7 Å². The largest absolute Gasteiger partial charge is 0.489 e. The Labute approximate surface area is 120 Å². The Morgan fingerprint density at radius 2 is 1.95 bits per heavy atom. The summed E-state index contributed by atoms with van der Waals surface area (Å²) in [6.45, 7) is 1.68. The molecular formula is C15H14FNO4. The average Bonchev–Trinajstić information content (AvgIpc) is 2.46. The van der Waals surface area contributed by atoms with Gasteiger partial charge < -0.3 is 9.84 Å².